The van der Waals surface area contributed by atoms with Gasteiger partial charge in [-0.05, 0) is 12.1 Å². The molecule has 2 N–H and O–H groups in total. The molecule has 1 aromatic carbocycles. The molecule has 1 aliphatic heterocycles. The van der Waals surface area contributed by atoms with Gasteiger partial charge in [-0.15, -0.1) is 0 Å². The lowest BCUT2D eigenvalue weighted by Crippen LogP contribution is -2.45. The summed E-state index contributed by atoms with van der Waals surface area (Å²) in [5.74, 6) is -3.74. The van der Waals surface area contributed by atoms with Crippen LogP contribution in [0.25, 0.3) is 0 Å². The Hall–Kier alpha value is -1.96. The first-order valence-corrected chi connectivity index (χ1v) is 5.95. The molecule has 0 saturated heterocycles. The molecule has 1 aromatic rings. The summed E-state index contributed by atoms with van der Waals surface area (Å²) in [6, 6.07) is 5.84. The summed E-state index contributed by atoms with van der Waals surface area (Å²) in [4.78, 5) is 23.6. The molecule has 0 aromatic heterocycles. The van der Waals surface area contributed by atoms with Gasteiger partial charge in [0.05, 0.1) is 16.1 Å². The van der Waals surface area contributed by atoms with Crippen LogP contribution in [-0.4, -0.2) is 34.4 Å². The number of rotatable bonds is 3. The summed E-state index contributed by atoms with van der Waals surface area (Å²) < 4.78 is 38.4. The van der Waals surface area contributed by atoms with Crippen LogP contribution in [0.15, 0.2) is 24.3 Å². The Kier molecular flexibility index (Phi) is 3.51. The van der Waals surface area contributed by atoms with Crippen molar-refractivity contribution in [2.24, 2.45) is 11.7 Å². The molecule has 1 aliphatic rings. The van der Waals surface area contributed by atoms with Gasteiger partial charge in [-0.25, -0.2) is 0 Å². The summed E-state index contributed by atoms with van der Waals surface area (Å²) >= 11 is 4.37. The second-order valence-corrected chi connectivity index (χ2v) is 4.73. The number of nitrogens with two attached hydrogens (primary N) is 1. The number of fused-ring (bicyclic) bond motifs is 1. The van der Waals surface area contributed by atoms with Crippen molar-refractivity contribution >= 4 is 29.0 Å². The van der Waals surface area contributed by atoms with Crippen molar-refractivity contribution in [3.05, 3.63) is 35.4 Å². The van der Waals surface area contributed by atoms with Crippen molar-refractivity contribution in [3.63, 3.8) is 0 Å². The predicted octanol–water partition coefficient (Wildman–Crippen LogP) is 1.75. The third-order valence-corrected chi connectivity index (χ3v) is 3.27. The second kappa shape index (κ2) is 4.86. The summed E-state index contributed by atoms with van der Waals surface area (Å²) in [7, 11) is 0. The molecule has 0 saturated carbocycles. The van der Waals surface area contributed by atoms with Crippen LogP contribution in [0.2, 0.25) is 0 Å². The van der Waals surface area contributed by atoms with Crippen molar-refractivity contribution in [1.82, 2.24) is 4.90 Å². The molecular formula is C12H9F3N2O2S. The number of amides is 2. The first kappa shape index (κ1) is 14.4. The summed E-state index contributed by atoms with van der Waals surface area (Å²) in [6.45, 7) is -0.898. The highest BCUT2D eigenvalue weighted by atomic mass is 32.1. The van der Waals surface area contributed by atoms with Gasteiger partial charge in [-0.2, -0.15) is 13.2 Å². The van der Waals surface area contributed by atoms with Gasteiger partial charge in [0.15, 0.2) is 0 Å². The number of halogens is 3. The smallest absolute Gasteiger partial charge is 0.393 e. The maximum absolute atomic E-state index is 12.8. The Balaban J connectivity index is 2.30. The Morgan fingerprint density at radius 2 is 1.65 bits per heavy atom. The van der Waals surface area contributed by atoms with Crippen LogP contribution >= 0.6 is 12.2 Å². The minimum atomic E-state index is -4.71. The molecule has 106 valence electrons. The fourth-order valence-electron chi connectivity index (χ4n) is 1.94. The summed E-state index contributed by atoms with van der Waals surface area (Å²) in [6.07, 6.45) is -4.71. The Labute approximate surface area is 117 Å². The van der Waals surface area contributed by atoms with E-state index in [2.05, 4.69) is 12.2 Å². The highest BCUT2D eigenvalue weighted by Gasteiger charge is 2.46. The molecule has 0 bridgehead atoms. The van der Waals surface area contributed by atoms with Gasteiger partial charge < -0.3 is 5.73 Å². The highest BCUT2D eigenvalue weighted by molar-refractivity contribution is 7.80. The van der Waals surface area contributed by atoms with E-state index in [1.807, 2.05) is 0 Å². The third kappa shape index (κ3) is 2.38. The van der Waals surface area contributed by atoms with E-state index in [1.165, 1.54) is 24.3 Å². The number of nitrogens with zero attached hydrogens (tertiary/aromatic N) is 1. The van der Waals surface area contributed by atoms with Crippen molar-refractivity contribution in [2.75, 3.05) is 6.54 Å². The minimum Gasteiger partial charge on any atom is -0.393 e. The second-order valence-electron chi connectivity index (χ2n) is 4.26. The molecule has 1 heterocycles. The molecule has 1 atom stereocenters. The van der Waals surface area contributed by atoms with Gasteiger partial charge in [0.2, 0.25) is 0 Å². The predicted molar refractivity (Wildman–Crippen MR) is 68.1 cm³/mol. The SMILES string of the molecule is NC(=S)C(CN1C(=O)c2ccccc2C1=O)C(F)(F)F. The largest absolute Gasteiger partial charge is 0.399 e. The lowest BCUT2D eigenvalue weighted by atomic mass is 10.1. The lowest BCUT2D eigenvalue weighted by Gasteiger charge is -2.23. The van der Waals surface area contributed by atoms with E-state index >= 15 is 0 Å². The van der Waals surface area contributed by atoms with Crippen LogP contribution in [0.4, 0.5) is 13.2 Å². The van der Waals surface area contributed by atoms with E-state index in [9.17, 15) is 22.8 Å². The van der Waals surface area contributed by atoms with E-state index < -0.39 is 35.4 Å². The van der Waals surface area contributed by atoms with Crippen LogP contribution in [0.5, 0.6) is 0 Å². The maximum Gasteiger partial charge on any atom is 0.399 e. The first-order valence-electron chi connectivity index (χ1n) is 5.54. The zero-order valence-corrected chi connectivity index (χ0v) is 10.8. The van der Waals surface area contributed by atoms with E-state index in [4.69, 9.17) is 5.73 Å². The number of carbonyl (C=O) groups excluding carboxylic acids is 2. The van der Waals surface area contributed by atoms with Crippen LogP contribution in [0, 0.1) is 5.92 Å². The van der Waals surface area contributed by atoms with E-state index in [1.54, 1.807) is 0 Å². The van der Waals surface area contributed by atoms with E-state index in [0.717, 1.165) is 0 Å². The topological polar surface area (TPSA) is 63.4 Å². The van der Waals surface area contributed by atoms with Crippen molar-refractivity contribution in [3.8, 4) is 0 Å². The van der Waals surface area contributed by atoms with Gasteiger partial charge in [0.1, 0.15) is 5.92 Å². The number of alkyl halides is 3. The quantitative estimate of drug-likeness (QED) is 0.682. The molecule has 2 amide bonds. The first-order chi connectivity index (χ1) is 9.23. The van der Waals surface area contributed by atoms with Crippen LogP contribution in [-0.2, 0) is 0 Å². The van der Waals surface area contributed by atoms with Crippen LogP contribution < -0.4 is 5.73 Å². The maximum atomic E-state index is 12.8. The average molecular weight is 302 g/mol. The monoisotopic (exact) mass is 302 g/mol. The average Bonchev–Trinajstić information content (AvgIpc) is 2.58. The highest BCUT2D eigenvalue weighted by Crippen LogP contribution is 2.30. The number of carbonyl (C=O) groups is 2. The van der Waals surface area contributed by atoms with Crippen molar-refractivity contribution in [1.29, 1.82) is 0 Å². The van der Waals surface area contributed by atoms with E-state index in [-0.39, 0.29) is 11.1 Å². The molecule has 0 aliphatic carbocycles. The normalized spacial score (nSPS) is 16.2. The van der Waals surface area contributed by atoms with Gasteiger partial charge in [-0.3, -0.25) is 14.5 Å². The third-order valence-electron chi connectivity index (χ3n) is 2.98. The van der Waals surface area contributed by atoms with Gasteiger partial charge in [-0.1, -0.05) is 24.4 Å². The molecule has 0 radical (unpaired) electrons. The Bertz CT molecular complexity index is 566. The zero-order valence-electron chi connectivity index (χ0n) is 9.98. The van der Waals surface area contributed by atoms with Gasteiger partial charge in [0, 0.05) is 6.54 Å². The van der Waals surface area contributed by atoms with Crippen molar-refractivity contribution in [2.45, 2.75) is 6.18 Å². The van der Waals surface area contributed by atoms with Gasteiger partial charge >= 0.3 is 6.18 Å². The summed E-state index contributed by atoms with van der Waals surface area (Å²) in [5, 5.41) is 0. The molecule has 4 nitrogen and oxygen atoms in total. The fraction of sp³-hybridized carbons (Fsp3) is 0.250. The molecule has 0 spiro atoms. The molecule has 2 rings (SSSR count). The van der Waals surface area contributed by atoms with Crippen LogP contribution in [0.1, 0.15) is 20.7 Å². The van der Waals surface area contributed by atoms with Crippen LogP contribution in [0.3, 0.4) is 0 Å². The number of hydrogen-bond donors (Lipinski definition) is 1. The summed E-state index contributed by atoms with van der Waals surface area (Å²) in [5.41, 5.74) is 5.23. The molecule has 1 unspecified atom stereocenters. The number of hydrogen-bond acceptors (Lipinski definition) is 3. The lowest BCUT2D eigenvalue weighted by molar-refractivity contribution is -0.156. The molecule has 8 heteroatoms. The number of imide groups is 1. The zero-order chi connectivity index (χ0) is 15.1. The number of thiocarbonyl (C=S) groups is 1. The van der Waals surface area contributed by atoms with E-state index in [0.29, 0.717) is 4.90 Å². The standard InChI is InChI=1S/C12H9F3N2O2S/c13-12(14,15)8(9(16)20)5-17-10(18)6-3-1-2-4-7(6)11(17)19/h1-4,8H,5H2,(H2,16,20). The molecule has 20 heavy (non-hydrogen) atoms. The number of benzene rings is 1. The molecular weight excluding hydrogens is 293 g/mol. The van der Waals surface area contributed by atoms with Crippen molar-refractivity contribution < 1.29 is 22.8 Å². The minimum absolute atomic E-state index is 0.0846. The van der Waals surface area contributed by atoms with Gasteiger partial charge in [0.25, 0.3) is 11.8 Å². The Morgan fingerprint density at radius 3 is 2.00 bits per heavy atom. The Morgan fingerprint density at radius 1 is 1.20 bits per heavy atom. The molecule has 0 fully saturated rings. The fourth-order valence-corrected chi connectivity index (χ4v) is 2.15.